The molecular weight excluding hydrogens is 440 g/mol. The van der Waals surface area contributed by atoms with Crippen molar-refractivity contribution in [2.24, 2.45) is 0 Å². The van der Waals surface area contributed by atoms with Crippen LogP contribution in [0.3, 0.4) is 0 Å². The van der Waals surface area contributed by atoms with Gasteiger partial charge in [-0.1, -0.05) is 41.9 Å². The summed E-state index contributed by atoms with van der Waals surface area (Å²) in [5.74, 6) is 1.82. The first-order valence-electron chi connectivity index (χ1n) is 11.0. The van der Waals surface area contributed by atoms with Crippen LogP contribution in [-0.2, 0) is 11.2 Å². The highest BCUT2D eigenvalue weighted by molar-refractivity contribution is 6.31. The van der Waals surface area contributed by atoms with Crippen molar-refractivity contribution in [2.75, 3.05) is 19.7 Å². The minimum atomic E-state index is -0.0785. The van der Waals surface area contributed by atoms with E-state index >= 15 is 0 Å². The van der Waals surface area contributed by atoms with Crippen LogP contribution in [0.1, 0.15) is 36.0 Å². The first-order valence-corrected chi connectivity index (χ1v) is 11.3. The summed E-state index contributed by atoms with van der Waals surface area (Å²) >= 11 is 6.26. The van der Waals surface area contributed by atoms with Crippen molar-refractivity contribution in [1.82, 2.24) is 19.9 Å². The number of benzene rings is 2. The summed E-state index contributed by atoms with van der Waals surface area (Å²) in [4.78, 5) is 27.6. The van der Waals surface area contributed by atoms with Crippen molar-refractivity contribution in [1.29, 1.82) is 0 Å². The van der Waals surface area contributed by atoms with E-state index in [0.29, 0.717) is 36.3 Å². The molecular formula is C25H23ClN4O3. The number of aromatic nitrogens is 3. The summed E-state index contributed by atoms with van der Waals surface area (Å²) in [5.41, 5.74) is 1.78. The minimum absolute atomic E-state index is 0.0579. The molecule has 0 N–H and O–H groups in total. The van der Waals surface area contributed by atoms with Gasteiger partial charge in [0.2, 0.25) is 5.88 Å². The molecule has 0 unspecified atom stereocenters. The standard InChI is InChI=1S/C25H23ClN4O3/c26-21-9-3-1-6-17(21)12-19-13-27-24(33-19)18-7-5-11-30(14-18)23(31)15-32-25-20-8-2-4-10-22(20)28-16-29-25/h1-4,6,8-10,13,16,18H,5,7,11-12,14-15H2/t18-/m1/s1. The fourth-order valence-corrected chi connectivity index (χ4v) is 4.35. The molecule has 5 rings (SSSR count). The number of carbonyl (C=O) groups excluding carboxylic acids is 1. The van der Waals surface area contributed by atoms with E-state index in [9.17, 15) is 4.79 Å². The number of hydrogen-bond acceptors (Lipinski definition) is 6. The molecule has 0 saturated carbocycles. The number of halogens is 1. The van der Waals surface area contributed by atoms with Gasteiger partial charge in [-0.15, -0.1) is 0 Å². The summed E-state index contributed by atoms with van der Waals surface area (Å²) in [5, 5.41) is 1.50. The summed E-state index contributed by atoms with van der Waals surface area (Å²) in [6, 6.07) is 15.3. The number of ether oxygens (including phenoxy) is 1. The Morgan fingerprint density at radius 1 is 1.12 bits per heavy atom. The van der Waals surface area contributed by atoms with E-state index in [-0.39, 0.29) is 18.4 Å². The highest BCUT2D eigenvalue weighted by atomic mass is 35.5. The number of hydrogen-bond donors (Lipinski definition) is 0. The summed E-state index contributed by atoms with van der Waals surface area (Å²) in [7, 11) is 0. The van der Waals surface area contributed by atoms with Gasteiger partial charge in [-0.2, -0.15) is 0 Å². The third kappa shape index (κ3) is 4.83. The average molecular weight is 463 g/mol. The highest BCUT2D eigenvalue weighted by Crippen LogP contribution is 2.28. The molecule has 8 heteroatoms. The van der Waals surface area contributed by atoms with Gasteiger partial charge in [0, 0.05) is 24.5 Å². The number of piperidine rings is 1. The van der Waals surface area contributed by atoms with Crippen LogP contribution in [0, 0.1) is 0 Å². The number of carbonyl (C=O) groups is 1. The quantitative estimate of drug-likeness (QED) is 0.415. The number of fused-ring (bicyclic) bond motifs is 1. The molecule has 0 radical (unpaired) electrons. The maximum atomic E-state index is 12.9. The number of rotatable bonds is 6. The van der Waals surface area contributed by atoms with E-state index in [1.54, 1.807) is 6.20 Å². The van der Waals surface area contributed by atoms with Gasteiger partial charge in [0.05, 0.1) is 23.0 Å². The number of amides is 1. The Hall–Kier alpha value is -3.45. The lowest BCUT2D eigenvalue weighted by atomic mass is 9.98. The summed E-state index contributed by atoms with van der Waals surface area (Å²) in [6.07, 6.45) is 5.59. The fraction of sp³-hybridized carbons (Fsp3) is 0.280. The van der Waals surface area contributed by atoms with Crippen molar-refractivity contribution in [3.8, 4) is 5.88 Å². The molecule has 1 aliphatic heterocycles. The van der Waals surface area contributed by atoms with Crippen LogP contribution >= 0.6 is 11.6 Å². The molecule has 1 aliphatic rings. The zero-order valence-electron chi connectivity index (χ0n) is 18.0. The normalized spacial score (nSPS) is 16.2. The molecule has 3 heterocycles. The predicted octanol–water partition coefficient (Wildman–Crippen LogP) is 4.65. The first-order chi connectivity index (χ1) is 16.2. The van der Waals surface area contributed by atoms with E-state index in [0.717, 1.165) is 35.1 Å². The number of para-hydroxylation sites is 1. The Kier molecular flexibility index (Phi) is 6.21. The van der Waals surface area contributed by atoms with Gasteiger partial charge in [-0.25, -0.2) is 15.0 Å². The zero-order valence-corrected chi connectivity index (χ0v) is 18.7. The molecule has 1 saturated heterocycles. The molecule has 1 atom stereocenters. The molecule has 4 aromatic rings. The number of likely N-dealkylation sites (tertiary alicyclic amines) is 1. The molecule has 168 valence electrons. The highest BCUT2D eigenvalue weighted by Gasteiger charge is 2.28. The minimum Gasteiger partial charge on any atom is -0.467 e. The van der Waals surface area contributed by atoms with Crippen LogP contribution in [0.4, 0.5) is 0 Å². The van der Waals surface area contributed by atoms with Crippen molar-refractivity contribution >= 4 is 28.4 Å². The maximum absolute atomic E-state index is 12.9. The Morgan fingerprint density at radius 3 is 2.88 bits per heavy atom. The van der Waals surface area contributed by atoms with E-state index in [1.165, 1.54) is 6.33 Å². The van der Waals surface area contributed by atoms with Gasteiger partial charge in [0.1, 0.15) is 12.1 Å². The van der Waals surface area contributed by atoms with Gasteiger partial charge < -0.3 is 14.1 Å². The molecule has 2 aromatic carbocycles. The Labute approximate surface area is 196 Å². The molecule has 1 fully saturated rings. The van der Waals surface area contributed by atoms with Crippen LogP contribution < -0.4 is 4.74 Å². The van der Waals surface area contributed by atoms with Gasteiger partial charge >= 0.3 is 0 Å². The molecule has 0 bridgehead atoms. The van der Waals surface area contributed by atoms with Crippen molar-refractivity contribution in [3.63, 3.8) is 0 Å². The lowest BCUT2D eigenvalue weighted by molar-refractivity contribution is -0.134. The van der Waals surface area contributed by atoms with Crippen LogP contribution in [0.2, 0.25) is 5.02 Å². The predicted molar refractivity (Wildman–Crippen MR) is 124 cm³/mol. The number of nitrogens with zero attached hydrogens (tertiary/aromatic N) is 4. The van der Waals surface area contributed by atoms with Crippen molar-refractivity contribution < 1.29 is 13.9 Å². The summed E-state index contributed by atoms with van der Waals surface area (Å²) in [6.45, 7) is 1.17. The van der Waals surface area contributed by atoms with E-state index < -0.39 is 0 Å². The molecule has 2 aromatic heterocycles. The molecule has 7 nitrogen and oxygen atoms in total. The molecule has 0 spiro atoms. The largest absolute Gasteiger partial charge is 0.467 e. The van der Waals surface area contributed by atoms with Crippen molar-refractivity contribution in [2.45, 2.75) is 25.2 Å². The maximum Gasteiger partial charge on any atom is 0.260 e. The SMILES string of the molecule is O=C(COc1ncnc2ccccc12)N1CCC[C@@H](c2ncc(Cc3ccccc3Cl)o2)C1. The van der Waals surface area contributed by atoms with Gasteiger partial charge in [0.15, 0.2) is 12.5 Å². The van der Waals surface area contributed by atoms with E-state index in [1.807, 2.05) is 53.4 Å². The van der Waals surface area contributed by atoms with Crippen LogP contribution in [0.5, 0.6) is 5.88 Å². The average Bonchev–Trinajstić information content (AvgIpc) is 3.33. The topological polar surface area (TPSA) is 81.4 Å². The lowest BCUT2D eigenvalue weighted by Gasteiger charge is -2.31. The second-order valence-electron chi connectivity index (χ2n) is 8.10. The van der Waals surface area contributed by atoms with Crippen LogP contribution in [-0.4, -0.2) is 45.5 Å². The van der Waals surface area contributed by atoms with Gasteiger partial charge in [-0.05, 0) is 36.6 Å². The van der Waals surface area contributed by atoms with Gasteiger partial charge in [-0.3, -0.25) is 4.79 Å². The summed E-state index contributed by atoms with van der Waals surface area (Å²) < 4.78 is 11.8. The van der Waals surface area contributed by atoms with Crippen molar-refractivity contribution in [3.05, 3.63) is 83.3 Å². The smallest absolute Gasteiger partial charge is 0.260 e. The Bertz CT molecular complexity index is 1270. The van der Waals surface area contributed by atoms with E-state index in [2.05, 4.69) is 15.0 Å². The Balaban J connectivity index is 1.21. The third-order valence-electron chi connectivity index (χ3n) is 5.86. The second kappa shape index (κ2) is 9.58. The van der Waals surface area contributed by atoms with Crippen LogP contribution in [0.15, 0.2) is 65.5 Å². The lowest BCUT2D eigenvalue weighted by Crippen LogP contribution is -2.41. The molecule has 1 amide bonds. The second-order valence-corrected chi connectivity index (χ2v) is 8.50. The van der Waals surface area contributed by atoms with E-state index in [4.69, 9.17) is 20.8 Å². The first kappa shape index (κ1) is 21.4. The monoisotopic (exact) mass is 462 g/mol. The Morgan fingerprint density at radius 2 is 1.97 bits per heavy atom. The molecule has 33 heavy (non-hydrogen) atoms. The van der Waals surface area contributed by atoms with Gasteiger partial charge in [0.25, 0.3) is 5.91 Å². The zero-order chi connectivity index (χ0) is 22.6. The molecule has 0 aliphatic carbocycles. The fourth-order valence-electron chi connectivity index (χ4n) is 4.14. The van der Waals surface area contributed by atoms with Crippen LogP contribution in [0.25, 0.3) is 10.9 Å². The number of oxazole rings is 1. The third-order valence-corrected chi connectivity index (χ3v) is 6.22.